The number of imide groups is 1. The lowest BCUT2D eigenvalue weighted by molar-refractivity contribution is -0.132. The monoisotopic (exact) mass is 285 g/mol. The molecule has 0 saturated carbocycles. The zero-order chi connectivity index (χ0) is 15.4. The number of rotatable bonds is 3. The standard InChI is InChI=1S/C16H15NO4/c1-3-4-5-12-10-15(19)17(16(12)20)13-6-8-14(9-7-13)21-11(2)18/h3-9H,10H2,1-2H3. The fourth-order valence-electron chi connectivity index (χ4n) is 2.01. The number of allylic oxidation sites excluding steroid dienone is 3. The molecule has 0 bridgehead atoms. The van der Waals surface area contributed by atoms with Crippen molar-refractivity contribution in [3.8, 4) is 5.75 Å². The van der Waals surface area contributed by atoms with Crippen molar-refractivity contribution in [2.75, 3.05) is 4.90 Å². The maximum Gasteiger partial charge on any atom is 0.308 e. The van der Waals surface area contributed by atoms with Crippen molar-refractivity contribution in [2.45, 2.75) is 20.3 Å². The first-order valence-corrected chi connectivity index (χ1v) is 6.50. The Balaban J connectivity index is 2.23. The largest absolute Gasteiger partial charge is 0.427 e. The Morgan fingerprint density at radius 3 is 2.48 bits per heavy atom. The van der Waals surface area contributed by atoms with Gasteiger partial charge in [-0.15, -0.1) is 0 Å². The van der Waals surface area contributed by atoms with Crippen molar-refractivity contribution in [1.82, 2.24) is 0 Å². The summed E-state index contributed by atoms with van der Waals surface area (Å²) in [5.74, 6) is -0.642. The minimum absolute atomic E-state index is 0.0921. The van der Waals surface area contributed by atoms with E-state index in [9.17, 15) is 14.4 Å². The summed E-state index contributed by atoms with van der Waals surface area (Å²) in [5, 5.41) is 0. The molecule has 108 valence electrons. The summed E-state index contributed by atoms with van der Waals surface area (Å²) < 4.78 is 4.91. The first-order chi connectivity index (χ1) is 10.0. The lowest BCUT2D eigenvalue weighted by Crippen LogP contribution is -2.28. The molecule has 0 radical (unpaired) electrons. The third-order valence-corrected chi connectivity index (χ3v) is 2.92. The number of hydrogen-bond donors (Lipinski definition) is 0. The maximum absolute atomic E-state index is 12.2. The van der Waals surface area contributed by atoms with Crippen LogP contribution in [0.2, 0.25) is 0 Å². The number of carbonyl (C=O) groups excluding carboxylic acids is 3. The number of esters is 1. The molecule has 1 aromatic rings. The zero-order valence-corrected chi connectivity index (χ0v) is 11.8. The number of anilines is 1. The molecule has 2 amide bonds. The number of ether oxygens (including phenoxy) is 1. The number of nitrogens with zero attached hydrogens (tertiary/aromatic N) is 1. The highest BCUT2D eigenvalue weighted by molar-refractivity contribution is 6.28. The molecule has 2 rings (SSSR count). The van der Waals surface area contributed by atoms with E-state index < -0.39 is 5.97 Å². The van der Waals surface area contributed by atoms with Crippen LogP contribution in [0.5, 0.6) is 5.75 Å². The molecule has 0 spiro atoms. The Hall–Kier alpha value is -2.69. The van der Waals surface area contributed by atoms with E-state index >= 15 is 0 Å². The van der Waals surface area contributed by atoms with Crippen LogP contribution in [0, 0.1) is 0 Å². The maximum atomic E-state index is 12.2. The normalized spacial score (nSPS) is 17.0. The Morgan fingerprint density at radius 2 is 1.90 bits per heavy atom. The zero-order valence-electron chi connectivity index (χ0n) is 11.8. The summed E-state index contributed by atoms with van der Waals surface area (Å²) >= 11 is 0. The van der Waals surface area contributed by atoms with Crippen molar-refractivity contribution in [1.29, 1.82) is 0 Å². The second kappa shape index (κ2) is 6.17. The molecule has 0 aliphatic carbocycles. The predicted molar refractivity (Wildman–Crippen MR) is 77.8 cm³/mol. The summed E-state index contributed by atoms with van der Waals surface area (Å²) in [6.07, 6.45) is 5.26. The number of amides is 2. The molecule has 21 heavy (non-hydrogen) atoms. The summed E-state index contributed by atoms with van der Waals surface area (Å²) in [6, 6.07) is 6.25. The molecule has 1 aliphatic heterocycles. The van der Waals surface area contributed by atoms with Gasteiger partial charge in [-0.25, -0.2) is 4.90 Å². The SMILES string of the molecule is CC=CC=C1CC(=O)N(c2ccc(OC(C)=O)cc2)C1=O. The summed E-state index contributed by atoms with van der Waals surface area (Å²) in [5.41, 5.74) is 0.923. The summed E-state index contributed by atoms with van der Waals surface area (Å²) in [6.45, 7) is 3.14. The Bertz CT molecular complexity index is 641. The van der Waals surface area contributed by atoms with Gasteiger partial charge in [-0.2, -0.15) is 0 Å². The van der Waals surface area contributed by atoms with Gasteiger partial charge in [-0.3, -0.25) is 14.4 Å². The third kappa shape index (κ3) is 3.25. The van der Waals surface area contributed by atoms with E-state index in [4.69, 9.17) is 4.74 Å². The average molecular weight is 285 g/mol. The summed E-state index contributed by atoms with van der Waals surface area (Å²) in [7, 11) is 0. The van der Waals surface area contributed by atoms with E-state index in [0.29, 0.717) is 17.0 Å². The molecule has 5 nitrogen and oxygen atoms in total. The van der Waals surface area contributed by atoms with Gasteiger partial charge in [0.1, 0.15) is 5.75 Å². The van der Waals surface area contributed by atoms with Crippen LogP contribution < -0.4 is 9.64 Å². The predicted octanol–water partition coefficient (Wildman–Crippen LogP) is 2.38. The smallest absolute Gasteiger partial charge is 0.308 e. The number of carbonyl (C=O) groups is 3. The Morgan fingerprint density at radius 1 is 1.24 bits per heavy atom. The van der Waals surface area contributed by atoms with Crippen molar-refractivity contribution in [3.05, 3.63) is 48.1 Å². The lowest BCUT2D eigenvalue weighted by Gasteiger charge is -2.13. The molecule has 1 saturated heterocycles. The van der Waals surface area contributed by atoms with E-state index in [2.05, 4.69) is 0 Å². The third-order valence-electron chi connectivity index (χ3n) is 2.92. The minimum atomic E-state index is -0.423. The average Bonchev–Trinajstić information content (AvgIpc) is 2.72. The van der Waals surface area contributed by atoms with Crippen LogP contribution in [0.15, 0.2) is 48.1 Å². The Kier molecular flexibility index (Phi) is 4.33. The van der Waals surface area contributed by atoms with Crippen molar-refractivity contribution < 1.29 is 19.1 Å². The summed E-state index contributed by atoms with van der Waals surface area (Å²) in [4.78, 5) is 36.2. The second-order valence-electron chi connectivity index (χ2n) is 4.52. The van der Waals surface area contributed by atoms with Crippen LogP contribution in [0.4, 0.5) is 5.69 Å². The Labute approximate surface area is 122 Å². The van der Waals surface area contributed by atoms with Gasteiger partial charge in [0.15, 0.2) is 0 Å². The van der Waals surface area contributed by atoms with E-state index in [1.807, 2.05) is 6.92 Å². The molecule has 0 aromatic heterocycles. The van der Waals surface area contributed by atoms with Crippen LogP contribution >= 0.6 is 0 Å². The van der Waals surface area contributed by atoms with Gasteiger partial charge < -0.3 is 4.74 Å². The topological polar surface area (TPSA) is 63.7 Å². The van der Waals surface area contributed by atoms with Crippen molar-refractivity contribution in [3.63, 3.8) is 0 Å². The van der Waals surface area contributed by atoms with Gasteiger partial charge in [-0.1, -0.05) is 18.2 Å². The van der Waals surface area contributed by atoms with E-state index in [1.165, 1.54) is 6.92 Å². The number of benzene rings is 1. The van der Waals surface area contributed by atoms with E-state index in [0.717, 1.165) is 4.90 Å². The second-order valence-corrected chi connectivity index (χ2v) is 4.52. The fraction of sp³-hybridized carbons (Fsp3) is 0.188. The van der Waals surface area contributed by atoms with E-state index in [-0.39, 0.29) is 18.2 Å². The molecule has 1 fully saturated rings. The molecule has 5 heteroatoms. The van der Waals surface area contributed by atoms with Crippen LogP contribution in [0.1, 0.15) is 20.3 Å². The molecule has 1 aromatic carbocycles. The highest BCUT2D eigenvalue weighted by atomic mass is 16.5. The molecule has 1 aliphatic rings. The van der Waals surface area contributed by atoms with Crippen molar-refractivity contribution in [2.24, 2.45) is 0 Å². The fourth-order valence-corrected chi connectivity index (χ4v) is 2.01. The van der Waals surface area contributed by atoms with E-state index in [1.54, 1.807) is 42.5 Å². The lowest BCUT2D eigenvalue weighted by atomic mass is 10.2. The number of hydrogen-bond acceptors (Lipinski definition) is 4. The molecular weight excluding hydrogens is 270 g/mol. The van der Waals surface area contributed by atoms with Crippen LogP contribution in [0.3, 0.4) is 0 Å². The highest BCUT2D eigenvalue weighted by Gasteiger charge is 2.34. The first kappa shape index (κ1) is 14.7. The van der Waals surface area contributed by atoms with Crippen LogP contribution in [-0.2, 0) is 14.4 Å². The molecule has 0 N–H and O–H groups in total. The highest BCUT2D eigenvalue weighted by Crippen LogP contribution is 2.27. The van der Waals surface area contributed by atoms with Gasteiger partial charge >= 0.3 is 5.97 Å². The van der Waals surface area contributed by atoms with Gasteiger partial charge in [0.2, 0.25) is 5.91 Å². The van der Waals surface area contributed by atoms with Crippen LogP contribution in [0.25, 0.3) is 0 Å². The van der Waals surface area contributed by atoms with Crippen LogP contribution in [-0.4, -0.2) is 17.8 Å². The van der Waals surface area contributed by atoms with Gasteiger partial charge in [-0.05, 0) is 31.2 Å². The molecular formula is C16H15NO4. The van der Waals surface area contributed by atoms with Gasteiger partial charge in [0.05, 0.1) is 12.1 Å². The van der Waals surface area contributed by atoms with Gasteiger partial charge in [0, 0.05) is 12.5 Å². The van der Waals surface area contributed by atoms with Crippen molar-refractivity contribution >= 4 is 23.5 Å². The first-order valence-electron chi connectivity index (χ1n) is 6.50. The minimum Gasteiger partial charge on any atom is -0.427 e. The quantitative estimate of drug-likeness (QED) is 0.370. The van der Waals surface area contributed by atoms with Gasteiger partial charge in [0.25, 0.3) is 5.91 Å². The molecule has 1 heterocycles. The molecule has 0 atom stereocenters. The molecule has 0 unspecified atom stereocenters.